The van der Waals surface area contributed by atoms with Crippen molar-refractivity contribution in [1.29, 1.82) is 0 Å². The Hall–Kier alpha value is -3.68. The second-order valence-electron chi connectivity index (χ2n) is 8.30. The SMILES string of the molecule is COc1ccc(N2C(=O)[C@@H](OCc3ccccc3)[C@@H]2c2occc2S(=O)c2ccc(C)cc2)cc1. The predicted octanol–water partition coefficient (Wildman–Crippen LogP) is 5.44. The van der Waals surface area contributed by atoms with Crippen molar-refractivity contribution in [3.63, 3.8) is 0 Å². The average molecular weight is 488 g/mol. The van der Waals surface area contributed by atoms with Crippen molar-refractivity contribution >= 4 is 22.4 Å². The normalized spacial score (nSPS) is 18.2. The van der Waals surface area contributed by atoms with Gasteiger partial charge in [-0.3, -0.25) is 9.69 Å². The van der Waals surface area contributed by atoms with Gasteiger partial charge in [-0.1, -0.05) is 48.0 Å². The van der Waals surface area contributed by atoms with Crippen LogP contribution in [0, 0.1) is 6.92 Å². The Balaban J connectivity index is 1.48. The van der Waals surface area contributed by atoms with Crippen LogP contribution in [0.25, 0.3) is 0 Å². The van der Waals surface area contributed by atoms with Crippen LogP contribution in [0.4, 0.5) is 5.69 Å². The highest BCUT2D eigenvalue weighted by molar-refractivity contribution is 7.85. The number of hydrogen-bond acceptors (Lipinski definition) is 5. The molecule has 0 aliphatic carbocycles. The van der Waals surface area contributed by atoms with Gasteiger partial charge in [0, 0.05) is 10.6 Å². The van der Waals surface area contributed by atoms with E-state index in [1.54, 1.807) is 30.2 Å². The van der Waals surface area contributed by atoms with Gasteiger partial charge in [0.2, 0.25) is 0 Å². The summed E-state index contributed by atoms with van der Waals surface area (Å²) >= 11 is 0. The van der Waals surface area contributed by atoms with Crippen LogP contribution in [0.5, 0.6) is 5.75 Å². The van der Waals surface area contributed by atoms with Crippen LogP contribution in [-0.2, 0) is 26.9 Å². The summed E-state index contributed by atoms with van der Waals surface area (Å²) in [5.41, 5.74) is 2.73. The maximum Gasteiger partial charge on any atom is 0.259 e. The van der Waals surface area contributed by atoms with Crippen LogP contribution in [0.2, 0.25) is 0 Å². The molecule has 1 unspecified atom stereocenters. The van der Waals surface area contributed by atoms with Crippen molar-refractivity contribution in [3.8, 4) is 5.75 Å². The van der Waals surface area contributed by atoms with Crippen LogP contribution in [0.1, 0.15) is 22.9 Å². The molecule has 1 aromatic heterocycles. The zero-order valence-corrected chi connectivity index (χ0v) is 20.2. The maximum atomic E-state index is 13.5. The topological polar surface area (TPSA) is 69.0 Å². The van der Waals surface area contributed by atoms with Crippen LogP contribution in [0.15, 0.2) is 105 Å². The fourth-order valence-corrected chi connectivity index (χ4v) is 5.31. The third-order valence-electron chi connectivity index (χ3n) is 6.03. The summed E-state index contributed by atoms with van der Waals surface area (Å²) < 4.78 is 30.7. The monoisotopic (exact) mass is 487 g/mol. The Labute approximate surface area is 206 Å². The van der Waals surface area contributed by atoms with Crippen LogP contribution in [-0.4, -0.2) is 23.3 Å². The van der Waals surface area contributed by atoms with Crippen molar-refractivity contribution in [2.45, 2.75) is 35.5 Å². The fourth-order valence-electron chi connectivity index (χ4n) is 4.14. The van der Waals surface area contributed by atoms with Gasteiger partial charge in [-0.2, -0.15) is 0 Å². The van der Waals surface area contributed by atoms with Gasteiger partial charge in [0.1, 0.15) is 17.6 Å². The smallest absolute Gasteiger partial charge is 0.259 e. The van der Waals surface area contributed by atoms with Crippen LogP contribution >= 0.6 is 0 Å². The quantitative estimate of drug-likeness (QED) is 0.310. The van der Waals surface area contributed by atoms with Crippen molar-refractivity contribution < 1.29 is 22.9 Å². The molecule has 1 fully saturated rings. The summed E-state index contributed by atoms with van der Waals surface area (Å²) in [4.78, 5) is 16.1. The maximum absolute atomic E-state index is 13.5. The molecule has 7 heteroatoms. The molecule has 5 rings (SSSR count). The molecule has 35 heavy (non-hydrogen) atoms. The first-order valence-electron chi connectivity index (χ1n) is 11.3. The van der Waals surface area contributed by atoms with Gasteiger partial charge >= 0.3 is 0 Å². The third kappa shape index (κ3) is 4.52. The number of methoxy groups -OCH3 is 1. The van der Waals surface area contributed by atoms with Gasteiger partial charge in [-0.05, 0) is 55.0 Å². The zero-order valence-electron chi connectivity index (χ0n) is 19.4. The minimum absolute atomic E-state index is 0.181. The molecule has 1 aliphatic rings. The molecule has 2 heterocycles. The molecule has 6 nitrogen and oxygen atoms in total. The number of anilines is 1. The highest BCUT2D eigenvalue weighted by atomic mass is 32.2. The van der Waals surface area contributed by atoms with E-state index in [0.717, 1.165) is 11.1 Å². The largest absolute Gasteiger partial charge is 0.497 e. The number of furan rings is 1. The summed E-state index contributed by atoms with van der Waals surface area (Å²) in [7, 11) is 0.119. The number of amides is 1. The molecule has 0 N–H and O–H groups in total. The zero-order chi connectivity index (χ0) is 24.4. The molecule has 4 aromatic rings. The average Bonchev–Trinajstić information content (AvgIpc) is 3.37. The molecule has 1 aliphatic heterocycles. The third-order valence-corrected chi connectivity index (χ3v) is 7.47. The molecule has 0 bridgehead atoms. The van der Waals surface area contributed by atoms with Gasteiger partial charge in [-0.25, -0.2) is 4.21 Å². The molecule has 178 valence electrons. The Kier molecular flexibility index (Phi) is 6.53. The van der Waals surface area contributed by atoms with Gasteiger partial charge in [-0.15, -0.1) is 0 Å². The second kappa shape index (κ2) is 9.90. The molecule has 0 spiro atoms. The van der Waals surface area contributed by atoms with E-state index in [9.17, 15) is 9.00 Å². The van der Waals surface area contributed by atoms with Crippen LogP contribution in [0.3, 0.4) is 0 Å². The standard InChI is InChI=1S/C28H25NO5S/c1-19-8-14-23(15-9-19)35(31)24-16-17-33-26(24)25-27(34-18-20-6-4-3-5-7-20)28(30)29(25)21-10-12-22(32-2)13-11-21/h3-17,25,27H,18H2,1-2H3/t25-,27-,35?/m0/s1. The van der Waals surface area contributed by atoms with E-state index < -0.39 is 22.9 Å². The molecule has 1 amide bonds. The van der Waals surface area contributed by atoms with Crippen LogP contribution < -0.4 is 9.64 Å². The lowest BCUT2D eigenvalue weighted by Crippen LogP contribution is -2.60. The first kappa shape index (κ1) is 23.1. The number of nitrogens with zero attached hydrogens (tertiary/aromatic N) is 1. The summed E-state index contributed by atoms with van der Waals surface area (Å²) in [6.45, 7) is 2.26. The van der Waals surface area contributed by atoms with E-state index in [1.807, 2.05) is 73.7 Å². The highest BCUT2D eigenvalue weighted by Gasteiger charge is 2.53. The van der Waals surface area contributed by atoms with Crippen molar-refractivity contribution in [2.75, 3.05) is 12.0 Å². The first-order valence-corrected chi connectivity index (χ1v) is 12.4. The summed E-state index contributed by atoms with van der Waals surface area (Å²) in [5.74, 6) is 0.964. The highest BCUT2D eigenvalue weighted by Crippen LogP contribution is 2.44. The number of hydrogen-bond donors (Lipinski definition) is 0. The molecule has 3 atom stereocenters. The second-order valence-corrected chi connectivity index (χ2v) is 9.75. The summed E-state index contributed by atoms with van der Waals surface area (Å²) in [6, 6.07) is 25.6. The Morgan fingerprint density at radius 2 is 1.66 bits per heavy atom. The van der Waals surface area contributed by atoms with Gasteiger partial charge in [0.05, 0.1) is 35.7 Å². The van der Waals surface area contributed by atoms with Gasteiger partial charge in [0.15, 0.2) is 6.10 Å². The number of rotatable bonds is 8. The number of aryl methyl sites for hydroxylation is 1. The van der Waals surface area contributed by atoms with Crippen molar-refractivity contribution in [3.05, 3.63) is 108 Å². The van der Waals surface area contributed by atoms with Gasteiger partial charge in [0.25, 0.3) is 5.91 Å². The predicted molar refractivity (Wildman–Crippen MR) is 133 cm³/mol. The van der Waals surface area contributed by atoms with E-state index >= 15 is 0 Å². The first-order chi connectivity index (χ1) is 17.1. The Morgan fingerprint density at radius 3 is 2.34 bits per heavy atom. The molecule has 0 radical (unpaired) electrons. The van der Waals surface area contributed by atoms with E-state index in [-0.39, 0.29) is 12.5 Å². The number of benzene rings is 3. The fraction of sp³-hybridized carbons (Fsp3) is 0.179. The Morgan fingerprint density at radius 1 is 0.943 bits per heavy atom. The van der Waals surface area contributed by atoms with E-state index in [1.165, 1.54) is 6.26 Å². The van der Waals surface area contributed by atoms with Gasteiger partial charge < -0.3 is 13.9 Å². The molecule has 0 saturated carbocycles. The molecule has 3 aromatic carbocycles. The van der Waals surface area contributed by atoms with E-state index in [4.69, 9.17) is 13.9 Å². The van der Waals surface area contributed by atoms with E-state index in [0.29, 0.717) is 27.0 Å². The van der Waals surface area contributed by atoms with E-state index in [2.05, 4.69) is 0 Å². The minimum atomic E-state index is -1.47. The number of β-lactam (4-membered cyclic amide) rings is 1. The summed E-state index contributed by atoms with van der Waals surface area (Å²) in [5, 5.41) is 0. The van der Waals surface area contributed by atoms with Crippen molar-refractivity contribution in [2.24, 2.45) is 0 Å². The lowest BCUT2D eigenvalue weighted by atomic mass is 9.94. The molecular formula is C28H25NO5S. The number of ether oxygens (including phenoxy) is 2. The molecular weight excluding hydrogens is 462 g/mol. The lowest BCUT2D eigenvalue weighted by Gasteiger charge is -2.45. The number of carbonyl (C=O) groups is 1. The lowest BCUT2D eigenvalue weighted by molar-refractivity contribution is -0.144. The minimum Gasteiger partial charge on any atom is -0.497 e. The van der Waals surface area contributed by atoms with Crippen molar-refractivity contribution in [1.82, 2.24) is 0 Å². The number of carbonyl (C=O) groups excluding carboxylic acids is 1. The molecule has 1 saturated heterocycles. The summed E-state index contributed by atoms with van der Waals surface area (Å²) in [6.07, 6.45) is 0.747. The Bertz CT molecular complexity index is 1330.